The van der Waals surface area contributed by atoms with Gasteiger partial charge in [0.2, 0.25) is 0 Å². The van der Waals surface area contributed by atoms with E-state index in [1.165, 1.54) is 49.9 Å². The van der Waals surface area contributed by atoms with Gasteiger partial charge in [0.05, 0.1) is 0 Å². The van der Waals surface area contributed by atoms with Crippen LogP contribution in [-0.2, 0) is 4.79 Å². The van der Waals surface area contributed by atoms with Gasteiger partial charge in [-0.3, -0.25) is 9.69 Å². The molecular formula is C21H28N2O2S. The van der Waals surface area contributed by atoms with Crippen molar-refractivity contribution in [3.05, 3.63) is 29.6 Å². The summed E-state index contributed by atoms with van der Waals surface area (Å²) in [6.07, 6.45) is 7.45. The number of likely N-dealkylation sites (N-methyl/N-ethyl adjacent to an activating group) is 1. The van der Waals surface area contributed by atoms with Crippen molar-refractivity contribution in [1.29, 1.82) is 0 Å². The molecular weight excluding hydrogens is 344 g/mol. The molecule has 2 aromatic rings. The Morgan fingerprint density at radius 2 is 1.96 bits per heavy atom. The van der Waals surface area contributed by atoms with Gasteiger partial charge in [-0.2, -0.15) is 0 Å². The summed E-state index contributed by atoms with van der Waals surface area (Å²) in [5.41, 5.74) is 0. The van der Waals surface area contributed by atoms with E-state index >= 15 is 0 Å². The number of rotatable bonds is 5. The molecule has 1 aliphatic heterocycles. The SMILES string of the molecule is CN(C(=O)COc1csc2ccccc12)[C@@H]1CCCC[C@H]1N1CCCC1. The monoisotopic (exact) mass is 372 g/mol. The van der Waals surface area contributed by atoms with Crippen LogP contribution in [0, 0.1) is 0 Å². The number of benzene rings is 1. The van der Waals surface area contributed by atoms with Gasteiger partial charge in [0, 0.05) is 34.6 Å². The number of amides is 1. The topological polar surface area (TPSA) is 32.8 Å². The highest BCUT2D eigenvalue weighted by Gasteiger charge is 2.35. The van der Waals surface area contributed by atoms with Crippen LogP contribution in [0.5, 0.6) is 5.75 Å². The third-order valence-electron chi connectivity index (χ3n) is 5.99. The first-order valence-corrected chi connectivity index (χ1v) is 10.7. The number of fused-ring (bicyclic) bond motifs is 1. The second-order valence-electron chi connectivity index (χ2n) is 7.55. The maximum Gasteiger partial charge on any atom is 0.260 e. The number of ether oxygens (including phenoxy) is 1. The summed E-state index contributed by atoms with van der Waals surface area (Å²) in [7, 11) is 1.97. The Bertz CT molecular complexity index is 753. The molecule has 4 nitrogen and oxygen atoms in total. The lowest BCUT2D eigenvalue weighted by Crippen LogP contribution is -2.53. The fourth-order valence-corrected chi connectivity index (χ4v) is 5.42. The average molecular weight is 373 g/mol. The van der Waals surface area contributed by atoms with Crippen molar-refractivity contribution in [2.24, 2.45) is 0 Å². The molecule has 2 aliphatic rings. The number of nitrogens with zero attached hydrogens (tertiary/aromatic N) is 2. The number of carbonyl (C=O) groups excluding carboxylic acids is 1. The Kier molecular flexibility index (Phi) is 5.46. The third-order valence-corrected chi connectivity index (χ3v) is 6.93. The molecule has 2 atom stereocenters. The van der Waals surface area contributed by atoms with Gasteiger partial charge in [0.1, 0.15) is 5.75 Å². The van der Waals surface area contributed by atoms with Crippen molar-refractivity contribution in [2.45, 2.75) is 50.6 Å². The Morgan fingerprint density at radius 3 is 2.81 bits per heavy atom. The van der Waals surface area contributed by atoms with E-state index in [2.05, 4.69) is 17.0 Å². The standard InChI is InChI=1S/C21H28N2O2S/c1-22(17-9-3-4-10-18(17)23-12-6-7-13-23)21(24)14-25-19-15-26-20-11-5-2-8-16(19)20/h2,5,8,11,15,17-18H,3-4,6-7,9-10,12-14H2,1H3/t17-,18-/m1/s1. The van der Waals surface area contributed by atoms with Crippen LogP contribution in [0.1, 0.15) is 38.5 Å². The number of carbonyl (C=O) groups is 1. The van der Waals surface area contributed by atoms with Gasteiger partial charge < -0.3 is 9.64 Å². The summed E-state index contributed by atoms with van der Waals surface area (Å²) in [6.45, 7) is 2.52. The molecule has 0 bridgehead atoms. The van der Waals surface area contributed by atoms with Crippen LogP contribution in [0.15, 0.2) is 29.6 Å². The quantitative estimate of drug-likeness (QED) is 0.791. The summed E-state index contributed by atoms with van der Waals surface area (Å²) < 4.78 is 7.10. The Morgan fingerprint density at radius 1 is 1.19 bits per heavy atom. The van der Waals surface area contributed by atoms with E-state index in [-0.39, 0.29) is 12.5 Å². The van der Waals surface area contributed by atoms with Crippen LogP contribution in [-0.4, -0.2) is 54.5 Å². The summed E-state index contributed by atoms with van der Waals surface area (Å²) in [5.74, 6) is 0.920. The van der Waals surface area contributed by atoms with Crippen LogP contribution in [0.2, 0.25) is 0 Å². The van der Waals surface area contributed by atoms with Crippen molar-refractivity contribution >= 4 is 27.3 Å². The van der Waals surface area contributed by atoms with Gasteiger partial charge in [-0.1, -0.05) is 25.0 Å². The van der Waals surface area contributed by atoms with Gasteiger partial charge >= 0.3 is 0 Å². The summed E-state index contributed by atoms with van der Waals surface area (Å²) in [5, 5.41) is 3.10. The minimum atomic E-state index is 0.0939. The largest absolute Gasteiger partial charge is 0.482 e. The smallest absolute Gasteiger partial charge is 0.260 e. The zero-order chi connectivity index (χ0) is 17.9. The zero-order valence-electron chi connectivity index (χ0n) is 15.5. The first-order chi connectivity index (χ1) is 12.7. The van der Waals surface area contributed by atoms with Gasteiger partial charge in [-0.25, -0.2) is 0 Å². The van der Waals surface area contributed by atoms with E-state index in [1.54, 1.807) is 11.3 Å². The highest BCUT2D eigenvalue weighted by atomic mass is 32.1. The predicted octanol–water partition coefficient (Wildman–Crippen LogP) is 4.15. The molecule has 140 valence electrons. The molecule has 4 rings (SSSR count). The highest BCUT2D eigenvalue weighted by Crippen LogP contribution is 2.32. The summed E-state index contributed by atoms with van der Waals surface area (Å²) in [6, 6.07) is 9.05. The maximum atomic E-state index is 12.8. The molecule has 1 aromatic heterocycles. The average Bonchev–Trinajstić information content (AvgIpc) is 3.35. The van der Waals surface area contributed by atoms with Gasteiger partial charge in [0.25, 0.3) is 5.91 Å². The van der Waals surface area contributed by atoms with Gasteiger partial charge in [-0.05, 0) is 50.9 Å². The minimum absolute atomic E-state index is 0.0939. The molecule has 0 spiro atoms. The predicted molar refractivity (Wildman–Crippen MR) is 107 cm³/mol. The maximum absolute atomic E-state index is 12.8. The summed E-state index contributed by atoms with van der Waals surface area (Å²) in [4.78, 5) is 17.4. The third kappa shape index (κ3) is 3.60. The molecule has 26 heavy (non-hydrogen) atoms. The molecule has 1 aromatic carbocycles. The normalized spacial score (nSPS) is 24.0. The van der Waals surface area contributed by atoms with E-state index in [0.717, 1.165) is 17.6 Å². The van der Waals surface area contributed by atoms with Crippen molar-refractivity contribution in [2.75, 3.05) is 26.7 Å². The molecule has 1 saturated heterocycles. The molecule has 1 saturated carbocycles. The van der Waals surface area contributed by atoms with Crippen LogP contribution in [0.3, 0.4) is 0 Å². The Balaban J connectivity index is 1.40. The fraction of sp³-hybridized carbons (Fsp3) is 0.571. The number of hydrogen-bond acceptors (Lipinski definition) is 4. The van der Waals surface area contributed by atoms with Gasteiger partial charge in [-0.15, -0.1) is 11.3 Å². The molecule has 1 amide bonds. The van der Waals surface area contributed by atoms with E-state index in [1.807, 2.05) is 29.5 Å². The van der Waals surface area contributed by atoms with Crippen LogP contribution in [0.25, 0.3) is 10.1 Å². The lowest BCUT2D eigenvalue weighted by molar-refractivity contribution is -0.136. The second-order valence-corrected chi connectivity index (χ2v) is 8.46. The minimum Gasteiger partial charge on any atom is -0.482 e. The summed E-state index contributed by atoms with van der Waals surface area (Å²) >= 11 is 1.66. The molecule has 5 heteroatoms. The van der Waals surface area contributed by atoms with Crippen molar-refractivity contribution in [3.8, 4) is 5.75 Å². The first-order valence-electron chi connectivity index (χ1n) is 9.83. The zero-order valence-corrected chi connectivity index (χ0v) is 16.3. The lowest BCUT2D eigenvalue weighted by atomic mass is 9.88. The number of likely N-dealkylation sites (tertiary alicyclic amines) is 1. The molecule has 2 fully saturated rings. The molecule has 0 unspecified atom stereocenters. The Hall–Kier alpha value is -1.59. The van der Waals surface area contributed by atoms with Gasteiger partial charge in [0.15, 0.2) is 6.61 Å². The Labute approximate surface area is 159 Å². The van der Waals surface area contributed by atoms with E-state index in [0.29, 0.717) is 12.1 Å². The van der Waals surface area contributed by atoms with E-state index < -0.39 is 0 Å². The van der Waals surface area contributed by atoms with Crippen molar-refractivity contribution in [1.82, 2.24) is 9.80 Å². The molecule has 1 aliphatic carbocycles. The van der Waals surface area contributed by atoms with Crippen LogP contribution in [0.4, 0.5) is 0 Å². The van der Waals surface area contributed by atoms with E-state index in [9.17, 15) is 4.79 Å². The highest BCUT2D eigenvalue weighted by molar-refractivity contribution is 7.17. The first kappa shape index (κ1) is 17.8. The molecule has 2 heterocycles. The van der Waals surface area contributed by atoms with Crippen molar-refractivity contribution < 1.29 is 9.53 Å². The number of hydrogen-bond donors (Lipinski definition) is 0. The fourth-order valence-electron chi connectivity index (χ4n) is 4.53. The van der Waals surface area contributed by atoms with Crippen molar-refractivity contribution in [3.63, 3.8) is 0 Å². The number of thiophene rings is 1. The second kappa shape index (κ2) is 7.97. The molecule has 0 N–H and O–H groups in total. The molecule has 0 radical (unpaired) electrons. The lowest BCUT2D eigenvalue weighted by Gasteiger charge is -2.42. The van der Waals surface area contributed by atoms with E-state index in [4.69, 9.17) is 4.74 Å². The van der Waals surface area contributed by atoms with Crippen LogP contribution >= 0.6 is 11.3 Å². The van der Waals surface area contributed by atoms with Crippen LogP contribution < -0.4 is 4.74 Å².